The van der Waals surface area contributed by atoms with Crippen molar-refractivity contribution in [2.75, 3.05) is 0 Å². The fourth-order valence-corrected chi connectivity index (χ4v) is 3.30. The third kappa shape index (κ3) is 4.66. The molecule has 21 heavy (non-hydrogen) atoms. The number of carbonyl (C=O) groups is 1. The Morgan fingerprint density at radius 3 is 2.33 bits per heavy atom. The maximum atomic E-state index is 11.2. The standard InChI is InChI=1S/C15H21IO5/c1-2-3-4-5-6-7-10(16)12-9(15(20)21)8-11(17)13(18)14(12)19/h8,10,17-19H,2-7H2,1H3,(H,20,21). The second-order valence-corrected chi connectivity index (χ2v) is 6.53. The van der Waals surface area contributed by atoms with Gasteiger partial charge in [-0.1, -0.05) is 61.6 Å². The predicted octanol–water partition coefficient (Wildman–Crippen LogP) is 4.34. The zero-order valence-corrected chi connectivity index (χ0v) is 14.1. The lowest BCUT2D eigenvalue weighted by Crippen LogP contribution is -2.05. The third-order valence-electron chi connectivity index (χ3n) is 3.40. The van der Waals surface area contributed by atoms with E-state index < -0.39 is 23.2 Å². The number of aromatic carboxylic acids is 1. The quantitative estimate of drug-likeness (QED) is 0.222. The molecule has 1 rings (SSSR count). The zero-order chi connectivity index (χ0) is 16.0. The Balaban J connectivity index is 2.89. The van der Waals surface area contributed by atoms with Crippen molar-refractivity contribution < 1.29 is 25.2 Å². The lowest BCUT2D eigenvalue weighted by atomic mass is 9.98. The van der Waals surface area contributed by atoms with Gasteiger partial charge in [-0.3, -0.25) is 0 Å². The van der Waals surface area contributed by atoms with Crippen LogP contribution in [-0.4, -0.2) is 26.4 Å². The molecule has 0 saturated carbocycles. The number of carboxylic acid groups (broad SMARTS) is 1. The van der Waals surface area contributed by atoms with Crippen molar-refractivity contribution in [1.29, 1.82) is 0 Å². The molecule has 0 heterocycles. The van der Waals surface area contributed by atoms with Crippen LogP contribution in [0.1, 0.15) is 65.3 Å². The van der Waals surface area contributed by atoms with Crippen LogP contribution < -0.4 is 0 Å². The van der Waals surface area contributed by atoms with Crippen LogP contribution in [0.25, 0.3) is 0 Å². The molecule has 1 aromatic rings. The number of benzene rings is 1. The molecule has 0 radical (unpaired) electrons. The fraction of sp³-hybridized carbons (Fsp3) is 0.533. The van der Waals surface area contributed by atoms with Gasteiger partial charge < -0.3 is 20.4 Å². The predicted molar refractivity (Wildman–Crippen MR) is 88.5 cm³/mol. The highest BCUT2D eigenvalue weighted by Gasteiger charge is 2.25. The third-order valence-corrected chi connectivity index (χ3v) is 4.64. The molecule has 1 aromatic carbocycles. The van der Waals surface area contributed by atoms with E-state index in [-0.39, 0.29) is 15.1 Å². The Morgan fingerprint density at radius 1 is 1.14 bits per heavy atom. The van der Waals surface area contributed by atoms with E-state index in [1.165, 1.54) is 6.42 Å². The number of hydrogen-bond donors (Lipinski definition) is 4. The maximum absolute atomic E-state index is 11.2. The van der Waals surface area contributed by atoms with Gasteiger partial charge in [0.05, 0.1) is 5.56 Å². The minimum absolute atomic E-state index is 0.171. The molecule has 6 heteroatoms. The highest BCUT2D eigenvalue weighted by atomic mass is 127. The van der Waals surface area contributed by atoms with Gasteiger partial charge in [-0.2, -0.15) is 0 Å². The van der Waals surface area contributed by atoms with Crippen molar-refractivity contribution in [1.82, 2.24) is 0 Å². The van der Waals surface area contributed by atoms with Crippen LogP contribution in [0.15, 0.2) is 6.07 Å². The van der Waals surface area contributed by atoms with E-state index in [2.05, 4.69) is 29.5 Å². The van der Waals surface area contributed by atoms with Crippen LogP contribution in [-0.2, 0) is 0 Å². The molecule has 0 saturated heterocycles. The molecule has 1 unspecified atom stereocenters. The Bertz CT molecular complexity index is 501. The van der Waals surface area contributed by atoms with Gasteiger partial charge in [-0.15, -0.1) is 0 Å². The minimum Gasteiger partial charge on any atom is -0.504 e. The summed E-state index contributed by atoms with van der Waals surface area (Å²) in [6.07, 6.45) is 6.16. The Hall–Kier alpha value is -1.18. The second-order valence-electron chi connectivity index (χ2n) is 5.03. The molecule has 0 fully saturated rings. The van der Waals surface area contributed by atoms with Crippen LogP contribution in [0, 0.1) is 0 Å². The van der Waals surface area contributed by atoms with E-state index in [0.29, 0.717) is 6.42 Å². The first-order valence-electron chi connectivity index (χ1n) is 7.05. The molecule has 1 atom stereocenters. The van der Waals surface area contributed by atoms with Crippen molar-refractivity contribution in [2.24, 2.45) is 0 Å². The molecule has 5 nitrogen and oxygen atoms in total. The van der Waals surface area contributed by atoms with Gasteiger partial charge in [-0.25, -0.2) is 4.79 Å². The Morgan fingerprint density at radius 2 is 1.76 bits per heavy atom. The van der Waals surface area contributed by atoms with E-state index in [9.17, 15) is 25.2 Å². The smallest absolute Gasteiger partial charge is 0.336 e. The molecule has 0 spiro atoms. The van der Waals surface area contributed by atoms with Gasteiger partial charge in [0, 0.05) is 9.49 Å². The topological polar surface area (TPSA) is 98.0 Å². The highest BCUT2D eigenvalue weighted by molar-refractivity contribution is 14.1. The largest absolute Gasteiger partial charge is 0.504 e. The maximum Gasteiger partial charge on any atom is 0.336 e. The number of alkyl halides is 1. The lowest BCUT2D eigenvalue weighted by molar-refractivity contribution is 0.0694. The summed E-state index contributed by atoms with van der Waals surface area (Å²) in [5.41, 5.74) is 0.00431. The van der Waals surface area contributed by atoms with Gasteiger partial charge in [0.1, 0.15) is 0 Å². The Kier molecular flexibility index (Phi) is 7.07. The normalized spacial score (nSPS) is 12.3. The first-order valence-corrected chi connectivity index (χ1v) is 8.29. The fourth-order valence-electron chi connectivity index (χ4n) is 2.22. The van der Waals surface area contributed by atoms with Crippen molar-refractivity contribution in [3.63, 3.8) is 0 Å². The molecule has 0 amide bonds. The molecule has 118 valence electrons. The second kappa shape index (κ2) is 8.31. The molecule has 0 aliphatic heterocycles. The summed E-state index contributed by atoms with van der Waals surface area (Å²) in [4.78, 5) is 11.2. The van der Waals surface area contributed by atoms with Gasteiger partial charge >= 0.3 is 5.97 Å². The molecular formula is C15H21IO5. The number of halogens is 1. The van der Waals surface area contributed by atoms with Crippen LogP contribution >= 0.6 is 22.6 Å². The van der Waals surface area contributed by atoms with Crippen LogP contribution in [0.3, 0.4) is 0 Å². The number of rotatable bonds is 8. The SMILES string of the molecule is CCCCCCCC(I)c1c(C(=O)O)cc(O)c(O)c1O. The number of carboxylic acids is 1. The number of hydrogen-bond acceptors (Lipinski definition) is 4. The average molecular weight is 408 g/mol. The van der Waals surface area contributed by atoms with Crippen LogP contribution in [0.2, 0.25) is 0 Å². The van der Waals surface area contributed by atoms with E-state index >= 15 is 0 Å². The van der Waals surface area contributed by atoms with Crippen molar-refractivity contribution in [3.05, 3.63) is 17.2 Å². The summed E-state index contributed by atoms with van der Waals surface area (Å²) in [7, 11) is 0. The average Bonchev–Trinajstić information content (AvgIpc) is 2.43. The number of unbranched alkanes of at least 4 members (excludes halogenated alkanes) is 4. The van der Waals surface area contributed by atoms with E-state index in [4.69, 9.17) is 0 Å². The van der Waals surface area contributed by atoms with E-state index in [1.807, 2.05) is 0 Å². The highest BCUT2D eigenvalue weighted by Crippen LogP contribution is 2.46. The summed E-state index contributed by atoms with van der Waals surface area (Å²) >= 11 is 2.07. The van der Waals surface area contributed by atoms with E-state index in [1.54, 1.807) is 0 Å². The summed E-state index contributed by atoms with van der Waals surface area (Å²) < 4.78 is -0.234. The first kappa shape index (κ1) is 17.9. The zero-order valence-electron chi connectivity index (χ0n) is 12.0. The molecule has 0 bridgehead atoms. The first-order chi connectivity index (χ1) is 9.90. The Labute approximate surface area is 137 Å². The summed E-state index contributed by atoms with van der Waals surface area (Å²) in [5.74, 6) is -3.06. The minimum atomic E-state index is -1.23. The van der Waals surface area contributed by atoms with Crippen molar-refractivity contribution >= 4 is 28.6 Å². The van der Waals surface area contributed by atoms with Crippen LogP contribution in [0.4, 0.5) is 0 Å². The number of phenols is 3. The van der Waals surface area contributed by atoms with Crippen LogP contribution in [0.5, 0.6) is 17.2 Å². The van der Waals surface area contributed by atoms with Crippen molar-refractivity contribution in [2.45, 2.75) is 49.4 Å². The number of aromatic hydroxyl groups is 3. The molecule has 0 aliphatic rings. The number of phenolic OH excluding ortho intramolecular Hbond substituents is 3. The van der Waals surface area contributed by atoms with Gasteiger partial charge in [0.25, 0.3) is 0 Å². The molecule has 4 N–H and O–H groups in total. The molecular weight excluding hydrogens is 387 g/mol. The summed E-state index contributed by atoms with van der Waals surface area (Å²) in [5, 5.41) is 38.2. The molecule has 0 aliphatic carbocycles. The summed E-state index contributed by atoms with van der Waals surface area (Å²) in [6.45, 7) is 2.14. The van der Waals surface area contributed by atoms with Gasteiger partial charge in [0.2, 0.25) is 5.75 Å². The monoisotopic (exact) mass is 408 g/mol. The lowest BCUT2D eigenvalue weighted by Gasteiger charge is -2.16. The van der Waals surface area contributed by atoms with E-state index in [0.717, 1.165) is 31.7 Å². The van der Waals surface area contributed by atoms with Crippen molar-refractivity contribution in [3.8, 4) is 17.2 Å². The van der Waals surface area contributed by atoms with Gasteiger partial charge in [0.15, 0.2) is 11.5 Å². The summed E-state index contributed by atoms with van der Waals surface area (Å²) in [6, 6.07) is 0.982. The van der Waals surface area contributed by atoms with Gasteiger partial charge in [-0.05, 0) is 12.5 Å². The molecule has 0 aromatic heterocycles.